The number of hydrogen-bond acceptors (Lipinski definition) is 4. The molecule has 0 spiro atoms. The number of sulfonamides is 1. The van der Waals surface area contributed by atoms with Crippen LogP contribution in [0, 0.1) is 0 Å². The van der Waals surface area contributed by atoms with Gasteiger partial charge in [0.1, 0.15) is 0 Å². The smallest absolute Gasteiger partial charge is 0.244 e. The second-order valence-corrected chi connectivity index (χ2v) is 7.93. The van der Waals surface area contributed by atoms with E-state index in [-0.39, 0.29) is 16.8 Å². The number of amides is 1. The Kier molecular flexibility index (Phi) is 5.44. The fourth-order valence-electron chi connectivity index (χ4n) is 2.81. The number of benzene rings is 1. The highest BCUT2D eigenvalue weighted by Crippen LogP contribution is 2.25. The van der Waals surface area contributed by atoms with Gasteiger partial charge in [-0.05, 0) is 63.9 Å². The Hall–Kier alpha value is -1.44. The fraction of sp³-hybridized carbons (Fsp3) is 0.562. The molecule has 1 fully saturated rings. The Morgan fingerprint density at radius 2 is 1.96 bits per heavy atom. The first-order chi connectivity index (χ1) is 10.8. The Balaban J connectivity index is 2.10. The van der Waals surface area contributed by atoms with Crippen molar-refractivity contribution in [3.8, 4) is 0 Å². The van der Waals surface area contributed by atoms with Gasteiger partial charge in [0.05, 0.1) is 10.4 Å². The highest BCUT2D eigenvalue weighted by molar-refractivity contribution is 7.89. The van der Waals surface area contributed by atoms with Crippen LogP contribution in [-0.2, 0) is 14.8 Å². The van der Waals surface area contributed by atoms with E-state index < -0.39 is 15.6 Å². The number of hydrogen-bond donors (Lipinski definition) is 3. The second kappa shape index (κ2) is 6.98. The lowest BCUT2D eigenvalue weighted by atomic mass is 9.93. The highest BCUT2D eigenvalue weighted by atomic mass is 32.2. The Labute approximate surface area is 138 Å². The van der Waals surface area contributed by atoms with Gasteiger partial charge in [0.25, 0.3) is 0 Å². The van der Waals surface area contributed by atoms with Gasteiger partial charge in [-0.1, -0.05) is 6.92 Å². The molecule has 1 amide bonds. The van der Waals surface area contributed by atoms with Crippen molar-refractivity contribution in [3.63, 3.8) is 0 Å². The lowest BCUT2D eigenvalue weighted by molar-refractivity contribution is -0.122. The third-order valence-corrected chi connectivity index (χ3v) is 5.77. The van der Waals surface area contributed by atoms with Gasteiger partial charge in [-0.2, -0.15) is 0 Å². The van der Waals surface area contributed by atoms with Crippen molar-refractivity contribution in [3.05, 3.63) is 24.3 Å². The largest absolute Gasteiger partial charge is 0.324 e. The summed E-state index contributed by atoms with van der Waals surface area (Å²) in [4.78, 5) is 12.7. The summed E-state index contributed by atoms with van der Waals surface area (Å²) in [6, 6.07) is 6.07. The zero-order chi connectivity index (χ0) is 17.1. The van der Waals surface area contributed by atoms with Crippen LogP contribution in [0.3, 0.4) is 0 Å². The van der Waals surface area contributed by atoms with Crippen molar-refractivity contribution < 1.29 is 13.2 Å². The molecule has 0 saturated carbocycles. The van der Waals surface area contributed by atoms with Crippen molar-refractivity contribution in [1.82, 2.24) is 10.0 Å². The Morgan fingerprint density at radius 3 is 2.43 bits per heavy atom. The van der Waals surface area contributed by atoms with Gasteiger partial charge in [0.15, 0.2) is 0 Å². The summed E-state index contributed by atoms with van der Waals surface area (Å²) in [6.07, 6.45) is 2.53. The molecule has 1 aliphatic rings. The van der Waals surface area contributed by atoms with Gasteiger partial charge in [-0.25, -0.2) is 13.1 Å². The summed E-state index contributed by atoms with van der Waals surface area (Å²) in [5, 5.41) is 6.16. The van der Waals surface area contributed by atoms with Gasteiger partial charge < -0.3 is 10.6 Å². The van der Waals surface area contributed by atoms with Gasteiger partial charge in [0.2, 0.25) is 15.9 Å². The molecular weight excluding hydrogens is 314 g/mol. The molecule has 0 aromatic heterocycles. The van der Waals surface area contributed by atoms with E-state index in [0.29, 0.717) is 5.69 Å². The van der Waals surface area contributed by atoms with Gasteiger partial charge in [-0.3, -0.25) is 4.79 Å². The zero-order valence-corrected chi connectivity index (χ0v) is 14.7. The first-order valence-electron chi connectivity index (χ1n) is 7.98. The maximum Gasteiger partial charge on any atom is 0.244 e. The van der Waals surface area contributed by atoms with Crippen LogP contribution in [0.1, 0.15) is 40.0 Å². The molecular formula is C16H25N3O3S. The van der Waals surface area contributed by atoms with Crippen molar-refractivity contribution in [2.75, 3.05) is 11.9 Å². The molecule has 0 bridgehead atoms. The van der Waals surface area contributed by atoms with E-state index in [9.17, 15) is 13.2 Å². The maximum absolute atomic E-state index is 12.5. The number of carbonyl (C=O) groups is 1. The predicted molar refractivity (Wildman–Crippen MR) is 90.8 cm³/mol. The number of carbonyl (C=O) groups excluding carboxylic acids is 1. The van der Waals surface area contributed by atoms with Gasteiger partial charge in [-0.15, -0.1) is 0 Å². The minimum absolute atomic E-state index is 0.0617. The van der Waals surface area contributed by atoms with E-state index in [1.165, 1.54) is 12.1 Å². The minimum Gasteiger partial charge on any atom is -0.324 e. The molecule has 1 saturated heterocycles. The topological polar surface area (TPSA) is 87.3 Å². The lowest BCUT2D eigenvalue weighted by Crippen LogP contribution is -2.50. The summed E-state index contributed by atoms with van der Waals surface area (Å²) >= 11 is 0. The first kappa shape index (κ1) is 17.9. The van der Waals surface area contributed by atoms with Gasteiger partial charge in [0, 0.05) is 11.7 Å². The van der Waals surface area contributed by atoms with Crippen LogP contribution in [0.5, 0.6) is 0 Å². The van der Waals surface area contributed by atoms with Crippen LogP contribution >= 0.6 is 0 Å². The summed E-state index contributed by atoms with van der Waals surface area (Å²) in [7, 11) is -3.51. The summed E-state index contributed by atoms with van der Waals surface area (Å²) in [5.74, 6) is -0.0617. The standard InChI is InChI=1S/C16H25N3O3S/c1-4-16(10-5-11-17-16)15(20)18-13-6-8-14(9-7-13)23(21,22)19-12(2)3/h6-9,12,17,19H,4-5,10-11H2,1-3H3,(H,18,20). The highest BCUT2D eigenvalue weighted by Gasteiger charge is 2.39. The normalized spacial score (nSPS) is 21.6. The van der Waals surface area contributed by atoms with E-state index in [1.54, 1.807) is 26.0 Å². The first-order valence-corrected chi connectivity index (χ1v) is 9.46. The predicted octanol–water partition coefficient (Wildman–Crippen LogP) is 1.84. The van der Waals surface area contributed by atoms with E-state index in [0.717, 1.165) is 25.8 Å². The molecule has 6 nitrogen and oxygen atoms in total. The maximum atomic E-state index is 12.5. The molecule has 1 aromatic rings. The van der Waals surface area contributed by atoms with Crippen LogP contribution in [0.2, 0.25) is 0 Å². The Bertz CT molecular complexity index is 648. The van der Waals surface area contributed by atoms with E-state index >= 15 is 0 Å². The number of nitrogens with one attached hydrogen (secondary N) is 3. The molecule has 2 rings (SSSR count). The molecule has 23 heavy (non-hydrogen) atoms. The number of rotatable bonds is 6. The molecule has 128 valence electrons. The number of anilines is 1. The van der Waals surface area contributed by atoms with Crippen molar-refractivity contribution in [1.29, 1.82) is 0 Å². The average Bonchev–Trinajstić information content (AvgIpc) is 2.96. The molecule has 1 atom stereocenters. The van der Waals surface area contributed by atoms with Crippen LogP contribution in [0.4, 0.5) is 5.69 Å². The molecule has 3 N–H and O–H groups in total. The van der Waals surface area contributed by atoms with E-state index in [4.69, 9.17) is 0 Å². The second-order valence-electron chi connectivity index (χ2n) is 6.22. The van der Waals surface area contributed by atoms with Crippen molar-refractivity contribution in [2.45, 2.75) is 56.5 Å². The lowest BCUT2D eigenvalue weighted by Gasteiger charge is -2.26. The molecule has 1 heterocycles. The van der Waals surface area contributed by atoms with Crippen molar-refractivity contribution in [2.24, 2.45) is 0 Å². The molecule has 1 aliphatic heterocycles. The summed E-state index contributed by atoms with van der Waals surface area (Å²) in [5.41, 5.74) is 0.0873. The Morgan fingerprint density at radius 1 is 1.30 bits per heavy atom. The van der Waals surface area contributed by atoms with E-state index in [1.807, 2.05) is 6.92 Å². The van der Waals surface area contributed by atoms with Crippen LogP contribution in [-0.4, -0.2) is 32.5 Å². The minimum atomic E-state index is -3.51. The van der Waals surface area contributed by atoms with Crippen LogP contribution < -0.4 is 15.4 Å². The van der Waals surface area contributed by atoms with Crippen molar-refractivity contribution >= 4 is 21.6 Å². The van der Waals surface area contributed by atoms with Crippen LogP contribution in [0.15, 0.2) is 29.2 Å². The molecule has 1 aromatic carbocycles. The van der Waals surface area contributed by atoms with Gasteiger partial charge >= 0.3 is 0 Å². The monoisotopic (exact) mass is 339 g/mol. The molecule has 0 radical (unpaired) electrons. The summed E-state index contributed by atoms with van der Waals surface area (Å²) < 4.78 is 26.7. The summed E-state index contributed by atoms with van der Waals surface area (Å²) in [6.45, 7) is 6.38. The third kappa shape index (κ3) is 4.10. The SMILES string of the molecule is CCC1(C(=O)Nc2ccc(S(=O)(=O)NC(C)C)cc2)CCCN1. The third-order valence-electron chi connectivity index (χ3n) is 4.10. The average molecular weight is 339 g/mol. The fourth-order valence-corrected chi connectivity index (χ4v) is 4.06. The molecule has 1 unspecified atom stereocenters. The van der Waals surface area contributed by atoms with E-state index in [2.05, 4.69) is 15.4 Å². The van der Waals surface area contributed by atoms with Crippen LogP contribution in [0.25, 0.3) is 0 Å². The zero-order valence-electron chi connectivity index (χ0n) is 13.8. The quantitative estimate of drug-likeness (QED) is 0.738. The molecule has 7 heteroatoms. The molecule has 0 aliphatic carbocycles.